The van der Waals surface area contributed by atoms with Gasteiger partial charge in [-0.05, 0) is 31.9 Å². The largest absolute Gasteiger partial charge is 0.458 e. The highest BCUT2D eigenvalue weighted by atomic mass is 16.7. The predicted molar refractivity (Wildman–Crippen MR) is 98.6 cm³/mol. The fraction of sp³-hybridized carbons (Fsp3) is 0.476. The zero-order valence-electron chi connectivity index (χ0n) is 15.6. The number of aryl methyl sites for hydroxylation is 1. The van der Waals surface area contributed by atoms with E-state index in [9.17, 15) is 9.90 Å². The molecule has 0 spiro atoms. The van der Waals surface area contributed by atoms with E-state index >= 15 is 0 Å². The maximum absolute atomic E-state index is 12.8. The summed E-state index contributed by atoms with van der Waals surface area (Å²) >= 11 is 0. The monoisotopic (exact) mass is 356 g/mol. The lowest BCUT2D eigenvalue weighted by Crippen LogP contribution is -2.53. The van der Waals surface area contributed by atoms with Gasteiger partial charge in [-0.15, -0.1) is 6.58 Å². The van der Waals surface area contributed by atoms with Gasteiger partial charge < -0.3 is 19.0 Å². The van der Waals surface area contributed by atoms with Gasteiger partial charge in [0.05, 0.1) is 16.6 Å². The normalized spacial score (nSPS) is 32.0. The topological polar surface area (TPSA) is 72.2 Å². The van der Waals surface area contributed by atoms with Crippen molar-refractivity contribution in [3.63, 3.8) is 0 Å². The number of rotatable bonds is 3. The van der Waals surface area contributed by atoms with Crippen LogP contribution in [0.3, 0.4) is 0 Å². The van der Waals surface area contributed by atoms with Crippen LogP contribution in [0.15, 0.2) is 40.1 Å². The lowest BCUT2D eigenvalue weighted by molar-refractivity contribution is -0.175. The quantitative estimate of drug-likeness (QED) is 0.518. The van der Waals surface area contributed by atoms with Crippen LogP contribution in [0.2, 0.25) is 0 Å². The summed E-state index contributed by atoms with van der Waals surface area (Å²) in [6.45, 7) is 11.6. The minimum absolute atomic E-state index is 0.176. The van der Waals surface area contributed by atoms with E-state index in [0.29, 0.717) is 16.9 Å². The standard InChI is InChI=1S/C21H24O5/c1-6-12-9-8-10-13-14(12)16-15(17(22)24-13)20(5,7-2)11-21(23,25-16)18-19(3,4)26-18/h7-10,18,23H,2,6,11H2,1,3-5H3/t18?,20-,21-/m1/s1. The fourth-order valence-corrected chi connectivity index (χ4v) is 4.23. The van der Waals surface area contributed by atoms with Gasteiger partial charge >= 0.3 is 5.63 Å². The summed E-state index contributed by atoms with van der Waals surface area (Å²) in [5.41, 5.74) is 0.135. The number of allylic oxidation sites excluding steroid dienone is 1. The summed E-state index contributed by atoms with van der Waals surface area (Å²) < 4.78 is 17.4. The molecule has 3 heterocycles. The van der Waals surface area contributed by atoms with Crippen LogP contribution in [0.1, 0.15) is 45.2 Å². The molecule has 2 aromatic rings. The molecule has 5 nitrogen and oxygen atoms in total. The van der Waals surface area contributed by atoms with E-state index in [-0.39, 0.29) is 6.42 Å². The van der Waals surface area contributed by atoms with Crippen molar-refractivity contribution in [2.24, 2.45) is 0 Å². The van der Waals surface area contributed by atoms with Gasteiger partial charge in [-0.3, -0.25) is 0 Å². The third-order valence-electron chi connectivity index (χ3n) is 5.68. The Bertz CT molecular complexity index is 972. The second kappa shape index (κ2) is 5.21. The zero-order chi connectivity index (χ0) is 18.9. The van der Waals surface area contributed by atoms with Crippen molar-refractivity contribution in [1.29, 1.82) is 0 Å². The molecule has 1 aromatic carbocycles. The number of ether oxygens (including phenoxy) is 2. The summed E-state index contributed by atoms with van der Waals surface area (Å²) in [5.74, 6) is -1.16. The molecule has 138 valence electrons. The van der Waals surface area contributed by atoms with Crippen LogP contribution < -0.4 is 10.4 Å². The first-order chi connectivity index (χ1) is 12.1. The van der Waals surface area contributed by atoms with Crippen molar-refractivity contribution in [1.82, 2.24) is 0 Å². The van der Waals surface area contributed by atoms with E-state index in [1.54, 1.807) is 12.1 Å². The van der Waals surface area contributed by atoms with Crippen molar-refractivity contribution in [3.8, 4) is 5.75 Å². The minimum Gasteiger partial charge on any atom is -0.458 e. The Balaban J connectivity index is 2.04. The molecule has 0 aliphatic carbocycles. The molecule has 5 heteroatoms. The lowest BCUT2D eigenvalue weighted by atomic mass is 9.73. The molecule has 2 aliphatic heterocycles. The van der Waals surface area contributed by atoms with Gasteiger partial charge in [-0.25, -0.2) is 4.79 Å². The van der Waals surface area contributed by atoms with E-state index < -0.39 is 28.5 Å². The fourth-order valence-electron chi connectivity index (χ4n) is 4.23. The number of fused-ring (bicyclic) bond motifs is 3. The molecule has 3 atom stereocenters. The van der Waals surface area contributed by atoms with Crippen LogP contribution in [0.4, 0.5) is 0 Å². The number of hydrogen-bond acceptors (Lipinski definition) is 5. The Labute approximate surface area is 152 Å². The van der Waals surface area contributed by atoms with E-state index in [0.717, 1.165) is 17.4 Å². The van der Waals surface area contributed by atoms with Gasteiger partial charge in [0, 0.05) is 11.8 Å². The number of benzene rings is 1. The number of hydrogen-bond donors (Lipinski definition) is 1. The predicted octanol–water partition coefficient (Wildman–Crippen LogP) is 3.45. The summed E-state index contributed by atoms with van der Waals surface area (Å²) in [5, 5.41) is 12.1. The Hall–Kier alpha value is -2.11. The van der Waals surface area contributed by atoms with Crippen LogP contribution >= 0.6 is 0 Å². The third-order valence-corrected chi connectivity index (χ3v) is 5.68. The Morgan fingerprint density at radius 3 is 2.62 bits per heavy atom. The van der Waals surface area contributed by atoms with E-state index in [2.05, 4.69) is 6.58 Å². The highest BCUT2D eigenvalue weighted by Gasteiger charge is 2.65. The molecule has 1 N–H and O–H groups in total. The molecular formula is C21H24O5. The molecule has 4 rings (SSSR count). The van der Waals surface area contributed by atoms with Gasteiger partial charge in [-0.2, -0.15) is 0 Å². The summed E-state index contributed by atoms with van der Waals surface area (Å²) in [6, 6.07) is 5.57. The molecule has 2 aliphatic rings. The van der Waals surface area contributed by atoms with E-state index in [1.807, 2.05) is 39.8 Å². The molecule has 0 radical (unpaired) electrons. The highest BCUT2D eigenvalue weighted by Crippen LogP contribution is 2.53. The highest BCUT2D eigenvalue weighted by molar-refractivity contribution is 5.88. The summed E-state index contributed by atoms with van der Waals surface area (Å²) in [4.78, 5) is 12.8. The molecule has 0 saturated carbocycles. The van der Waals surface area contributed by atoms with Gasteiger partial charge in [0.25, 0.3) is 0 Å². The molecule has 1 aromatic heterocycles. The van der Waals surface area contributed by atoms with Gasteiger partial charge in [0.15, 0.2) is 6.10 Å². The van der Waals surface area contributed by atoms with Crippen LogP contribution in [-0.4, -0.2) is 22.6 Å². The molecule has 1 fully saturated rings. The van der Waals surface area contributed by atoms with Gasteiger partial charge in [0.1, 0.15) is 11.3 Å². The second-order valence-corrected chi connectivity index (χ2v) is 8.08. The molecular weight excluding hydrogens is 332 g/mol. The van der Waals surface area contributed by atoms with Crippen molar-refractivity contribution in [3.05, 3.63) is 52.4 Å². The van der Waals surface area contributed by atoms with Gasteiger partial charge in [0.2, 0.25) is 5.79 Å². The van der Waals surface area contributed by atoms with Crippen LogP contribution in [0, 0.1) is 0 Å². The smallest absolute Gasteiger partial charge is 0.344 e. The summed E-state index contributed by atoms with van der Waals surface area (Å²) in [7, 11) is 0. The molecule has 0 amide bonds. The molecule has 0 bridgehead atoms. The number of aliphatic hydroxyl groups is 1. The lowest BCUT2D eigenvalue weighted by Gasteiger charge is -2.42. The minimum atomic E-state index is -1.54. The molecule has 26 heavy (non-hydrogen) atoms. The van der Waals surface area contributed by atoms with Crippen molar-refractivity contribution in [2.75, 3.05) is 0 Å². The third kappa shape index (κ3) is 2.27. The first kappa shape index (κ1) is 17.3. The average Bonchev–Trinajstić information content (AvgIpc) is 3.23. The van der Waals surface area contributed by atoms with Crippen LogP contribution in [0.25, 0.3) is 11.0 Å². The summed E-state index contributed by atoms with van der Waals surface area (Å²) in [6.07, 6.45) is 2.13. The zero-order valence-corrected chi connectivity index (χ0v) is 15.6. The average molecular weight is 356 g/mol. The van der Waals surface area contributed by atoms with Gasteiger partial charge in [-0.1, -0.05) is 32.1 Å². The first-order valence-corrected chi connectivity index (χ1v) is 8.97. The van der Waals surface area contributed by atoms with Crippen molar-refractivity contribution >= 4 is 11.0 Å². The molecule has 1 saturated heterocycles. The maximum Gasteiger partial charge on any atom is 0.344 e. The van der Waals surface area contributed by atoms with Crippen molar-refractivity contribution in [2.45, 2.75) is 63.4 Å². The van der Waals surface area contributed by atoms with Crippen molar-refractivity contribution < 1.29 is 19.0 Å². The SMILES string of the molecule is C=C[C@]1(C)C[C@](O)(C2OC2(C)C)Oc2c1c(=O)oc1cccc(CC)c21. The van der Waals surface area contributed by atoms with Crippen LogP contribution in [-0.2, 0) is 16.6 Å². The van der Waals surface area contributed by atoms with E-state index in [1.165, 1.54) is 0 Å². The van der Waals surface area contributed by atoms with Crippen LogP contribution in [0.5, 0.6) is 5.75 Å². The Morgan fingerprint density at radius 2 is 2.04 bits per heavy atom. The first-order valence-electron chi connectivity index (χ1n) is 8.97. The Morgan fingerprint density at radius 1 is 1.35 bits per heavy atom. The van der Waals surface area contributed by atoms with E-state index in [4.69, 9.17) is 13.9 Å². The maximum atomic E-state index is 12.8. The second-order valence-electron chi connectivity index (χ2n) is 8.08. The molecule has 1 unspecified atom stereocenters. The Kier molecular flexibility index (Phi) is 3.47. The number of epoxide rings is 1.